The van der Waals surface area contributed by atoms with Crippen LogP contribution >= 0.6 is 0 Å². The molecular weight excluding hydrogens is 192 g/mol. The molecule has 4 heteroatoms. The maximum absolute atomic E-state index is 5.59. The van der Waals surface area contributed by atoms with Gasteiger partial charge in [-0.3, -0.25) is 0 Å². The molecule has 1 heterocycles. The van der Waals surface area contributed by atoms with E-state index in [0.29, 0.717) is 5.88 Å². The zero-order valence-electron chi connectivity index (χ0n) is 8.65. The van der Waals surface area contributed by atoms with E-state index in [1.54, 1.807) is 7.11 Å². The highest BCUT2D eigenvalue weighted by molar-refractivity contribution is 5.67. The van der Waals surface area contributed by atoms with Crippen molar-refractivity contribution in [2.45, 2.75) is 6.92 Å². The lowest BCUT2D eigenvalue weighted by Gasteiger charge is -2.01. The number of ether oxygens (including phenoxy) is 1. The Kier molecular flexibility index (Phi) is 2.33. The lowest BCUT2D eigenvalue weighted by atomic mass is 10.1. The van der Waals surface area contributed by atoms with Gasteiger partial charge in [-0.1, -0.05) is 17.3 Å². The molecule has 0 fully saturated rings. The Bertz CT molecular complexity index is 477. The van der Waals surface area contributed by atoms with Gasteiger partial charge in [0.2, 0.25) is 5.88 Å². The normalized spacial score (nSPS) is 10.3. The van der Waals surface area contributed by atoms with Crippen molar-refractivity contribution in [2.24, 2.45) is 0 Å². The number of hydrogen-bond donors (Lipinski definition) is 1. The SMILES string of the molecule is COc1cccc(-c2noc(N)c2C)c1. The number of nitrogens with zero attached hydrogens (tertiary/aromatic N) is 1. The number of nitrogens with two attached hydrogens (primary N) is 1. The van der Waals surface area contributed by atoms with Crippen LogP contribution in [0.1, 0.15) is 5.56 Å². The van der Waals surface area contributed by atoms with Crippen molar-refractivity contribution >= 4 is 5.88 Å². The smallest absolute Gasteiger partial charge is 0.225 e. The third-order valence-corrected chi connectivity index (χ3v) is 2.30. The maximum Gasteiger partial charge on any atom is 0.225 e. The molecule has 0 amide bonds. The summed E-state index contributed by atoms with van der Waals surface area (Å²) in [6, 6.07) is 7.61. The Hall–Kier alpha value is -1.97. The van der Waals surface area contributed by atoms with Crippen LogP contribution in [0.5, 0.6) is 5.75 Å². The van der Waals surface area contributed by atoms with E-state index >= 15 is 0 Å². The van der Waals surface area contributed by atoms with Gasteiger partial charge in [0.05, 0.1) is 7.11 Å². The number of benzene rings is 1. The van der Waals surface area contributed by atoms with Gasteiger partial charge in [-0.05, 0) is 19.1 Å². The molecule has 0 spiro atoms. The molecule has 0 unspecified atom stereocenters. The van der Waals surface area contributed by atoms with Gasteiger partial charge in [0, 0.05) is 11.1 Å². The molecule has 1 aromatic carbocycles. The molecular formula is C11H12N2O2. The highest BCUT2D eigenvalue weighted by Crippen LogP contribution is 2.28. The average Bonchev–Trinajstić information content (AvgIpc) is 2.60. The third kappa shape index (κ3) is 1.66. The first-order chi connectivity index (χ1) is 7.22. The summed E-state index contributed by atoms with van der Waals surface area (Å²) < 4.78 is 10.0. The number of hydrogen-bond acceptors (Lipinski definition) is 4. The van der Waals surface area contributed by atoms with Crippen molar-refractivity contribution < 1.29 is 9.26 Å². The Morgan fingerprint density at radius 2 is 2.20 bits per heavy atom. The van der Waals surface area contributed by atoms with Crippen LogP contribution in [0.2, 0.25) is 0 Å². The van der Waals surface area contributed by atoms with Crippen LogP contribution in [0.3, 0.4) is 0 Å². The van der Waals surface area contributed by atoms with Crippen molar-refractivity contribution in [2.75, 3.05) is 12.8 Å². The van der Waals surface area contributed by atoms with Gasteiger partial charge >= 0.3 is 0 Å². The van der Waals surface area contributed by atoms with Gasteiger partial charge in [-0.25, -0.2) is 0 Å². The standard InChI is InChI=1S/C11H12N2O2/c1-7-10(13-15-11(7)12)8-4-3-5-9(6-8)14-2/h3-6H,12H2,1-2H3. The molecule has 4 nitrogen and oxygen atoms in total. The molecule has 78 valence electrons. The second-order valence-corrected chi connectivity index (χ2v) is 3.25. The Balaban J connectivity index is 2.49. The van der Waals surface area contributed by atoms with Gasteiger partial charge in [0.25, 0.3) is 0 Å². The average molecular weight is 204 g/mol. The first-order valence-electron chi connectivity index (χ1n) is 4.58. The van der Waals surface area contributed by atoms with Crippen LogP contribution in [0.25, 0.3) is 11.3 Å². The topological polar surface area (TPSA) is 61.3 Å². The molecule has 0 aliphatic rings. The summed E-state index contributed by atoms with van der Waals surface area (Å²) in [7, 11) is 1.63. The van der Waals surface area contributed by atoms with Crippen LogP contribution in [-0.4, -0.2) is 12.3 Å². The predicted octanol–water partition coefficient (Wildman–Crippen LogP) is 2.24. The summed E-state index contributed by atoms with van der Waals surface area (Å²) in [6.45, 7) is 1.88. The number of anilines is 1. The molecule has 2 aromatic rings. The van der Waals surface area contributed by atoms with E-state index in [2.05, 4.69) is 5.16 Å². The molecule has 0 aliphatic carbocycles. The number of nitrogen functional groups attached to an aromatic ring is 1. The van der Waals surface area contributed by atoms with Crippen LogP contribution < -0.4 is 10.5 Å². The number of methoxy groups -OCH3 is 1. The van der Waals surface area contributed by atoms with Crippen molar-refractivity contribution in [3.05, 3.63) is 29.8 Å². The lowest BCUT2D eigenvalue weighted by Crippen LogP contribution is -1.86. The molecule has 0 atom stereocenters. The van der Waals surface area contributed by atoms with Crippen molar-refractivity contribution in [3.63, 3.8) is 0 Å². The van der Waals surface area contributed by atoms with E-state index in [1.165, 1.54) is 0 Å². The fraction of sp³-hybridized carbons (Fsp3) is 0.182. The van der Waals surface area contributed by atoms with Crippen LogP contribution in [-0.2, 0) is 0 Å². The molecule has 0 saturated heterocycles. The van der Waals surface area contributed by atoms with Gasteiger partial charge < -0.3 is 15.0 Å². The van der Waals surface area contributed by atoms with E-state index in [0.717, 1.165) is 22.6 Å². The first-order valence-corrected chi connectivity index (χ1v) is 4.58. The van der Waals surface area contributed by atoms with Gasteiger partial charge in [0.15, 0.2) is 0 Å². The Morgan fingerprint density at radius 3 is 2.80 bits per heavy atom. The van der Waals surface area contributed by atoms with Gasteiger partial charge in [-0.2, -0.15) is 0 Å². The zero-order chi connectivity index (χ0) is 10.8. The van der Waals surface area contributed by atoms with Crippen LogP contribution in [0.15, 0.2) is 28.8 Å². The van der Waals surface area contributed by atoms with Crippen molar-refractivity contribution in [3.8, 4) is 17.0 Å². The van der Waals surface area contributed by atoms with E-state index in [-0.39, 0.29) is 0 Å². The third-order valence-electron chi connectivity index (χ3n) is 2.30. The quantitative estimate of drug-likeness (QED) is 0.814. The summed E-state index contributed by atoms with van der Waals surface area (Å²) in [5.41, 5.74) is 8.13. The minimum atomic E-state index is 0.354. The zero-order valence-corrected chi connectivity index (χ0v) is 8.65. The van der Waals surface area contributed by atoms with Crippen molar-refractivity contribution in [1.82, 2.24) is 5.16 Å². The fourth-order valence-corrected chi connectivity index (χ4v) is 1.39. The summed E-state index contributed by atoms with van der Waals surface area (Å²) in [4.78, 5) is 0. The van der Waals surface area contributed by atoms with Crippen LogP contribution in [0.4, 0.5) is 5.88 Å². The van der Waals surface area contributed by atoms with Gasteiger partial charge in [0.1, 0.15) is 11.4 Å². The second-order valence-electron chi connectivity index (χ2n) is 3.25. The molecule has 1 aromatic heterocycles. The minimum Gasteiger partial charge on any atom is -0.497 e. The Morgan fingerprint density at radius 1 is 1.40 bits per heavy atom. The molecule has 0 saturated carbocycles. The second kappa shape index (κ2) is 3.65. The van der Waals surface area contributed by atoms with Crippen LogP contribution in [0, 0.1) is 6.92 Å². The fourth-order valence-electron chi connectivity index (χ4n) is 1.39. The number of aromatic nitrogens is 1. The molecule has 0 radical (unpaired) electrons. The largest absolute Gasteiger partial charge is 0.497 e. The monoisotopic (exact) mass is 204 g/mol. The van der Waals surface area contributed by atoms with Crippen molar-refractivity contribution in [1.29, 1.82) is 0 Å². The summed E-state index contributed by atoms with van der Waals surface area (Å²) in [6.07, 6.45) is 0. The minimum absolute atomic E-state index is 0.354. The molecule has 2 rings (SSSR count). The summed E-state index contributed by atoms with van der Waals surface area (Å²) in [5, 5.41) is 3.91. The first kappa shape index (κ1) is 9.58. The summed E-state index contributed by atoms with van der Waals surface area (Å²) >= 11 is 0. The number of rotatable bonds is 2. The van der Waals surface area contributed by atoms with E-state index < -0.39 is 0 Å². The summed E-state index contributed by atoms with van der Waals surface area (Å²) in [5.74, 6) is 1.14. The highest BCUT2D eigenvalue weighted by atomic mass is 16.5. The highest BCUT2D eigenvalue weighted by Gasteiger charge is 2.11. The lowest BCUT2D eigenvalue weighted by molar-refractivity contribution is 0.415. The van der Waals surface area contributed by atoms with E-state index in [4.69, 9.17) is 15.0 Å². The predicted molar refractivity (Wildman–Crippen MR) is 57.6 cm³/mol. The molecule has 0 bridgehead atoms. The Labute approximate surface area is 87.6 Å². The van der Waals surface area contributed by atoms with E-state index in [1.807, 2.05) is 31.2 Å². The molecule has 0 aliphatic heterocycles. The van der Waals surface area contributed by atoms with Gasteiger partial charge in [-0.15, -0.1) is 0 Å². The van der Waals surface area contributed by atoms with E-state index in [9.17, 15) is 0 Å². The maximum atomic E-state index is 5.59. The molecule has 2 N–H and O–H groups in total. The molecule has 15 heavy (non-hydrogen) atoms.